The third kappa shape index (κ3) is 1.81. The van der Waals surface area contributed by atoms with Gasteiger partial charge in [0.15, 0.2) is 0 Å². The van der Waals surface area contributed by atoms with Gasteiger partial charge in [-0.3, -0.25) is 0 Å². The number of fused-ring (bicyclic) bond motifs is 2. The first kappa shape index (κ1) is 8.90. The monoisotopic (exact) mass is 474 g/mol. The molecule has 0 amide bonds. The van der Waals surface area contributed by atoms with Crippen molar-refractivity contribution < 1.29 is 0 Å². The van der Waals surface area contributed by atoms with Crippen LogP contribution in [0.4, 0.5) is 0 Å². The molecule has 0 aliphatic carbocycles. The summed E-state index contributed by atoms with van der Waals surface area (Å²) in [4.78, 5) is 0. The van der Waals surface area contributed by atoms with Crippen LogP contribution < -0.4 is 0 Å². The van der Waals surface area contributed by atoms with E-state index in [0.29, 0.717) is 18.8 Å². The third-order valence-corrected chi connectivity index (χ3v) is 72.9. The van der Waals surface area contributed by atoms with E-state index in [1.54, 1.807) is 0 Å². The van der Waals surface area contributed by atoms with E-state index in [4.69, 9.17) is 0 Å². The van der Waals surface area contributed by atoms with E-state index in [1.165, 1.54) is 0 Å². The minimum absolute atomic E-state index is 0.412. The molecule has 9 heteroatoms. The maximum Gasteiger partial charge on any atom is 0.0618 e. The van der Waals surface area contributed by atoms with Crippen LogP contribution in [-0.4, -0.2) is 0 Å². The molecular formula is I2P4S3. The summed E-state index contributed by atoms with van der Waals surface area (Å²) in [5, 5.41) is 0.857. The fourth-order valence-electron chi connectivity index (χ4n) is 0.379. The predicted octanol–water partition coefficient (Wildman–Crippen LogP) is 7.09. The minimum atomic E-state index is 0.412. The molecule has 2 heterocycles. The van der Waals surface area contributed by atoms with Crippen LogP contribution in [0.3, 0.4) is 0 Å². The molecule has 0 aliphatic rings. The van der Waals surface area contributed by atoms with Gasteiger partial charge in [0.1, 0.15) is 0 Å². The molecule has 0 aliphatic heterocycles. The molecule has 2 bridgehead atoms. The number of rotatable bonds is 0. The maximum absolute atomic E-state index is 2.67. The first-order chi connectivity index (χ1) is 4.27. The zero-order valence-corrected chi connectivity index (χ0v) is 14.1. The zero-order valence-electron chi connectivity index (χ0n) is 3.77. The lowest BCUT2D eigenvalue weighted by Gasteiger charge is -1.83. The Balaban J connectivity index is 2.93. The van der Waals surface area contributed by atoms with Gasteiger partial charge in [-0.2, -0.15) is 0 Å². The zero-order chi connectivity index (χ0) is 6.43. The van der Waals surface area contributed by atoms with Crippen molar-refractivity contribution in [2.75, 3.05) is 0 Å². The van der Waals surface area contributed by atoms with Crippen molar-refractivity contribution in [2.45, 2.75) is 0 Å². The predicted molar refractivity (Wildman–Crippen MR) is 75.8 cm³/mol. The summed E-state index contributed by atoms with van der Waals surface area (Å²) in [7, 11) is 7.01. The second-order valence-electron chi connectivity index (χ2n) is 1.17. The second kappa shape index (κ2) is 3.59. The Bertz CT molecular complexity index is 297. The molecule has 0 radical (unpaired) electrons. The van der Waals surface area contributed by atoms with Crippen LogP contribution in [-0.2, 0) is 0 Å². The minimum Gasteiger partial charge on any atom is -0.0715 e. The van der Waals surface area contributed by atoms with Gasteiger partial charge in [0.2, 0.25) is 0 Å². The normalized spacial score (nSPS) is 19.3. The Hall–Kier alpha value is 3.32. The van der Waals surface area contributed by atoms with Gasteiger partial charge >= 0.3 is 0 Å². The van der Waals surface area contributed by atoms with Crippen LogP contribution in [0.1, 0.15) is 0 Å². The summed E-state index contributed by atoms with van der Waals surface area (Å²) in [6.45, 7) is 0. The van der Waals surface area contributed by atoms with Crippen LogP contribution in [0, 0.1) is 0 Å². The quantitative estimate of drug-likeness (QED) is 0.358. The van der Waals surface area contributed by atoms with Gasteiger partial charge in [-0.15, -0.1) is 0 Å². The molecule has 0 nitrogen and oxygen atoms in total. The summed E-state index contributed by atoms with van der Waals surface area (Å²) >= 11 is 5.35. The van der Waals surface area contributed by atoms with Crippen molar-refractivity contribution in [3.8, 4) is 0 Å². The van der Waals surface area contributed by atoms with Gasteiger partial charge < -0.3 is 0 Å². The van der Waals surface area contributed by atoms with Crippen LogP contribution in [0.25, 0.3) is 0 Å². The average molecular weight is 474 g/mol. The van der Waals surface area contributed by atoms with E-state index in [0.717, 1.165) is 0 Å². The molecule has 0 N–H and O–H groups in total. The molecule has 0 aromatic carbocycles. The highest BCUT2D eigenvalue weighted by atomic mass is 127. The largest absolute Gasteiger partial charge is 0.0715 e. The van der Waals surface area contributed by atoms with Gasteiger partial charge in [-0.05, 0) is 44.1 Å². The first-order valence-electron chi connectivity index (χ1n) is 1.83. The van der Waals surface area contributed by atoms with E-state index in [2.05, 4.69) is 75.7 Å². The van der Waals surface area contributed by atoms with Crippen LogP contribution in [0.5, 0.6) is 0 Å². The molecule has 2 aromatic heterocycles. The lowest BCUT2D eigenvalue weighted by Crippen LogP contribution is -1.04. The highest BCUT2D eigenvalue weighted by molar-refractivity contribution is 14.2. The SMILES string of the molecule is Ip1sp2sp1sp2I. The Labute approximate surface area is 92.7 Å². The summed E-state index contributed by atoms with van der Waals surface area (Å²) < 4.78 is 0.824. The van der Waals surface area contributed by atoms with Gasteiger partial charge in [0.05, 0.1) is 10.7 Å². The molecule has 2 aromatic rings. The summed E-state index contributed by atoms with van der Waals surface area (Å²) in [5.74, 6) is 0. The molecule has 9 heavy (non-hydrogen) atoms. The molecule has 0 saturated carbocycles. The van der Waals surface area contributed by atoms with Gasteiger partial charge in [0.25, 0.3) is 0 Å². The molecule has 0 fully saturated rings. The van der Waals surface area contributed by atoms with Crippen molar-refractivity contribution in [1.82, 2.24) is 0 Å². The van der Waals surface area contributed by atoms with E-state index in [9.17, 15) is 0 Å². The summed E-state index contributed by atoms with van der Waals surface area (Å²) in [6, 6.07) is 0. The van der Waals surface area contributed by atoms with Crippen molar-refractivity contribution in [1.29, 1.82) is 0 Å². The fourth-order valence-corrected chi connectivity index (χ4v) is 125. The lowest BCUT2D eigenvalue weighted by atomic mass is 29.6. The smallest absolute Gasteiger partial charge is 0.0618 e. The Morgan fingerprint density at radius 1 is 0.778 bits per heavy atom. The molecule has 4 atom stereocenters. The standard InChI is InChI=1S/I2P4S3/c1-3-5-8-4(2)6(7-3)9-5. The maximum atomic E-state index is 2.67. The molecule has 2 rings (SSSR count). The van der Waals surface area contributed by atoms with Crippen LogP contribution in [0.2, 0.25) is 0 Å². The average Bonchev–Trinajstić information content (AvgIpc) is 2.24. The van der Waals surface area contributed by atoms with Gasteiger partial charge in [0, 0.05) is 8.06 Å². The van der Waals surface area contributed by atoms with Gasteiger partial charge in [-0.25, -0.2) is 0 Å². The second-order valence-corrected chi connectivity index (χ2v) is 41.3. The number of halogens is 2. The van der Waals surface area contributed by atoms with Crippen molar-refractivity contribution in [3.05, 3.63) is 0 Å². The lowest BCUT2D eigenvalue weighted by molar-refractivity contribution is 5.17. The Morgan fingerprint density at radius 2 is 1.22 bits per heavy atom. The highest BCUT2D eigenvalue weighted by Gasteiger charge is 2.06. The molecule has 0 spiro atoms. The molecular weight excluding hydrogens is 474 g/mol. The molecule has 4 unspecified atom stereocenters. The highest BCUT2D eigenvalue weighted by Crippen LogP contribution is 2.84. The number of hydrogen-bond acceptors (Lipinski definition) is 3. The topological polar surface area (TPSA) is 0 Å². The van der Waals surface area contributed by atoms with Crippen molar-refractivity contribution in [2.24, 2.45) is 0 Å². The Morgan fingerprint density at radius 3 is 1.44 bits per heavy atom. The summed E-state index contributed by atoms with van der Waals surface area (Å²) in [6.07, 6.45) is 0. The summed E-state index contributed by atoms with van der Waals surface area (Å²) in [5.41, 5.74) is 0. The van der Waals surface area contributed by atoms with Crippen LogP contribution >= 0.6 is 94.5 Å². The van der Waals surface area contributed by atoms with Crippen LogP contribution in [0.15, 0.2) is 0 Å². The number of hydrogen-bond donors (Lipinski definition) is 0. The van der Waals surface area contributed by atoms with E-state index < -0.39 is 0 Å². The van der Waals surface area contributed by atoms with Crippen molar-refractivity contribution in [3.63, 3.8) is 0 Å². The molecule has 52 valence electrons. The third-order valence-electron chi connectivity index (χ3n) is 0.671. The van der Waals surface area contributed by atoms with E-state index in [1.807, 2.05) is 0 Å². The van der Waals surface area contributed by atoms with E-state index in [-0.39, 0.29) is 0 Å². The molecule has 0 saturated heterocycles. The van der Waals surface area contributed by atoms with Crippen molar-refractivity contribution >= 4 is 94.5 Å². The first-order valence-corrected chi connectivity index (χ1v) is 20.3. The van der Waals surface area contributed by atoms with E-state index >= 15 is 0 Å². The Kier molecular flexibility index (Phi) is 3.55. The van der Waals surface area contributed by atoms with Gasteiger partial charge in [-0.1, -0.05) is 31.6 Å². The fraction of sp³-hybridized carbons (Fsp3) is 0.